The minimum absolute atomic E-state index is 0.284. The standard InChI is InChI=1S/C18H15N3O2/c1-2-10-7-20-17-14(10)6-11(8-21-17)12-4-3-5-13-15(18(22)23)9-19-16(12)13/h3-9,19H,2H2,1H3,(H,20,21)(H,22,23). The summed E-state index contributed by atoms with van der Waals surface area (Å²) >= 11 is 0. The number of carboxylic acid groups (broad SMARTS) is 1. The number of nitrogens with one attached hydrogen (secondary N) is 2. The molecule has 0 amide bonds. The fraction of sp³-hybridized carbons (Fsp3) is 0.111. The Bertz CT molecular complexity index is 1040. The molecule has 1 aromatic carbocycles. The molecule has 3 aromatic heterocycles. The third-order valence-corrected chi connectivity index (χ3v) is 4.25. The fourth-order valence-electron chi connectivity index (χ4n) is 3.07. The Morgan fingerprint density at radius 3 is 2.87 bits per heavy atom. The monoisotopic (exact) mass is 305 g/mol. The third-order valence-electron chi connectivity index (χ3n) is 4.25. The van der Waals surface area contributed by atoms with Crippen LogP contribution in [-0.2, 0) is 6.42 Å². The Kier molecular flexibility index (Phi) is 2.94. The minimum atomic E-state index is -0.930. The van der Waals surface area contributed by atoms with Crippen molar-refractivity contribution in [2.45, 2.75) is 13.3 Å². The van der Waals surface area contributed by atoms with Gasteiger partial charge in [0.2, 0.25) is 0 Å². The highest BCUT2D eigenvalue weighted by Crippen LogP contribution is 2.31. The third kappa shape index (κ3) is 2.01. The summed E-state index contributed by atoms with van der Waals surface area (Å²) in [7, 11) is 0. The van der Waals surface area contributed by atoms with Crippen molar-refractivity contribution < 1.29 is 9.90 Å². The van der Waals surface area contributed by atoms with Crippen molar-refractivity contribution in [1.82, 2.24) is 15.0 Å². The number of rotatable bonds is 3. The lowest BCUT2D eigenvalue weighted by molar-refractivity contribution is 0.0699. The largest absolute Gasteiger partial charge is 0.478 e. The van der Waals surface area contributed by atoms with Gasteiger partial charge < -0.3 is 15.1 Å². The maximum Gasteiger partial charge on any atom is 0.337 e. The second-order valence-corrected chi connectivity index (χ2v) is 5.52. The molecular formula is C18H15N3O2. The molecule has 4 rings (SSSR count). The molecule has 0 fully saturated rings. The van der Waals surface area contributed by atoms with Crippen LogP contribution in [0.4, 0.5) is 0 Å². The van der Waals surface area contributed by atoms with Crippen LogP contribution in [0.25, 0.3) is 33.1 Å². The van der Waals surface area contributed by atoms with Gasteiger partial charge in [-0.15, -0.1) is 0 Å². The lowest BCUT2D eigenvalue weighted by Crippen LogP contribution is -1.93. The molecule has 114 valence electrons. The van der Waals surface area contributed by atoms with Gasteiger partial charge in [-0.2, -0.15) is 0 Å². The van der Waals surface area contributed by atoms with Gasteiger partial charge in [0.15, 0.2) is 0 Å². The second-order valence-electron chi connectivity index (χ2n) is 5.52. The summed E-state index contributed by atoms with van der Waals surface area (Å²) in [5.41, 5.74) is 5.12. The first-order chi connectivity index (χ1) is 11.2. The van der Waals surface area contributed by atoms with E-state index >= 15 is 0 Å². The Morgan fingerprint density at radius 1 is 1.22 bits per heavy atom. The smallest absolute Gasteiger partial charge is 0.337 e. The van der Waals surface area contributed by atoms with E-state index in [4.69, 9.17) is 0 Å². The van der Waals surface area contributed by atoms with Crippen molar-refractivity contribution in [2.24, 2.45) is 0 Å². The van der Waals surface area contributed by atoms with E-state index in [1.165, 1.54) is 11.8 Å². The molecule has 23 heavy (non-hydrogen) atoms. The van der Waals surface area contributed by atoms with Crippen molar-refractivity contribution in [3.05, 3.63) is 54.0 Å². The van der Waals surface area contributed by atoms with Crippen LogP contribution in [0.2, 0.25) is 0 Å². The molecule has 0 saturated heterocycles. The second kappa shape index (κ2) is 4.98. The summed E-state index contributed by atoms with van der Waals surface area (Å²) in [5.74, 6) is -0.930. The molecule has 5 nitrogen and oxygen atoms in total. The van der Waals surface area contributed by atoms with Crippen LogP contribution in [0.15, 0.2) is 42.9 Å². The first kappa shape index (κ1) is 13.6. The predicted octanol–water partition coefficient (Wildman–Crippen LogP) is 3.97. The van der Waals surface area contributed by atoms with E-state index in [1.54, 1.807) is 0 Å². The summed E-state index contributed by atoms with van der Waals surface area (Å²) in [6.45, 7) is 2.11. The summed E-state index contributed by atoms with van der Waals surface area (Å²) in [6.07, 6.45) is 6.27. The lowest BCUT2D eigenvalue weighted by Gasteiger charge is -2.05. The summed E-state index contributed by atoms with van der Waals surface area (Å²) < 4.78 is 0. The Morgan fingerprint density at radius 2 is 2.09 bits per heavy atom. The maximum atomic E-state index is 11.3. The molecule has 0 saturated carbocycles. The van der Waals surface area contributed by atoms with Gasteiger partial charge in [0, 0.05) is 40.5 Å². The molecule has 0 radical (unpaired) electrons. The van der Waals surface area contributed by atoms with Crippen LogP contribution in [0.5, 0.6) is 0 Å². The van der Waals surface area contributed by atoms with Gasteiger partial charge in [0.1, 0.15) is 5.65 Å². The number of benzene rings is 1. The van der Waals surface area contributed by atoms with Crippen molar-refractivity contribution >= 4 is 27.9 Å². The number of nitrogens with zero attached hydrogens (tertiary/aromatic N) is 1. The summed E-state index contributed by atoms with van der Waals surface area (Å²) in [4.78, 5) is 22.1. The van der Waals surface area contributed by atoms with E-state index < -0.39 is 5.97 Å². The predicted molar refractivity (Wildman–Crippen MR) is 89.7 cm³/mol. The molecule has 3 N–H and O–H groups in total. The molecule has 3 heterocycles. The van der Waals surface area contributed by atoms with Gasteiger partial charge in [-0.05, 0) is 18.1 Å². The molecular weight excluding hydrogens is 290 g/mol. The highest BCUT2D eigenvalue weighted by atomic mass is 16.4. The van der Waals surface area contributed by atoms with Crippen LogP contribution in [0.3, 0.4) is 0 Å². The zero-order valence-electron chi connectivity index (χ0n) is 12.6. The zero-order valence-corrected chi connectivity index (χ0v) is 12.6. The fourth-order valence-corrected chi connectivity index (χ4v) is 3.07. The topological polar surface area (TPSA) is 81.8 Å². The number of para-hydroxylation sites is 1. The number of carboxylic acids is 1. The Hall–Kier alpha value is -3.08. The zero-order chi connectivity index (χ0) is 16.0. The van der Waals surface area contributed by atoms with Gasteiger partial charge in [-0.3, -0.25) is 0 Å². The lowest BCUT2D eigenvalue weighted by atomic mass is 10.0. The van der Waals surface area contributed by atoms with Crippen molar-refractivity contribution in [1.29, 1.82) is 0 Å². The molecule has 0 bridgehead atoms. The van der Waals surface area contributed by atoms with Crippen LogP contribution in [0.1, 0.15) is 22.8 Å². The highest BCUT2D eigenvalue weighted by Gasteiger charge is 2.14. The number of carbonyl (C=O) groups is 1. The van der Waals surface area contributed by atoms with E-state index in [9.17, 15) is 9.90 Å². The number of fused-ring (bicyclic) bond motifs is 2. The number of aromatic nitrogens is 3. The van der Waals surface area contributed by atoms with E-state index in [0.29, 0.717) is 5.39 Å². The molecule has 5 heteroatoms. The number of aromatic carboxylic acids is 1. The first-order valence-electron chi connectivity index (χ1n) is 7.48. The number of aryl methyl sites for hydroxylation is 1. The van der Waals surface area contributed by atoms with Gasteiger partial charge in [-0.25, -0.2) is 9.78 Å². The molecule has 0 aliphatic rings. The highest BCUT2D eigenvalue weighted by molar-refractivity contribution is 6.07. The van der Waals surface area contributed by atoms with Crippen molar-refractivity contribution in [2.75, 3.05) is 0 Å². The van der Waals surface area contributed by atoms with Gasteiger partial charge in [0.05, 0.1) is 11.1 Å². The van der Waals surface area contributed by atoms with Crippen LogP contribution < -0.4 is 0 Å². The molecule has 0 unspecified atom stereocenters. The average molecular weight is 305 g/mol. The van der Waals surface area contributed by atoms with Crippen molar-refractivity contribution in [3.8, 4) is 11.1 Å². The van der Waals surface area contributed by atoms with Gasteiger partial charge >= 0.3 is 5.97 Å². The first-order valence-corrected chi connectivity index (χ1v) is 7.48. The van der Waals surface area contributed by atoms with Gasteiger partial charge in [-0.1, -0.05) is 25.1 Å². The van der Waals surface area contributed by atoms with Crippen LogP contribution in [-0.4, -0.2) is 26.0 Å². The Labute approximate surface area is 132 Å². The van der Waals surface area contributed by atoms with Crippen LogP contribution in [0, 0.1) is 0 Å². The molecule has 4 aromatic rings. The molecule has 0 aliphatic carbocycles. The number of H-pyrrole nitrogens is 2. The van der Waals surface area contributed by atoms with E-state index in [2.05, 4.69) is 27.9 Å². The molecule has 0 spiro atoms. The van der Waals surface area contributed by atoms with Crippen molar-refractivity contribution in [3.63, 3.8) is 0 Å². The molecule has 0 atom stereocenters. The number of hydrogen-bond donors (Lipinski definition) is 3. The SMILES string of the molecule is CCc1c[nH]c2ncc(-c3cccc4c(C(=O)O)c[nH]c34)cc12. The number of hydrogen-bond acceptors (Lipinski definition) is 2. The molecule has 0 aliphatic heterocycles. The van der Waals surface area contributed by atoms with Gasteiger partial charge in [0.25, 0.3) is 0 Å². The normalized spacial score (nSPS) is 11.3. The van der Waals surface area contributed by atoms with Crippen LogP contribution >= 0.6 is 0 Å². The quantitative estimate of drug-likeness (QED) is 0.535. The summed E-state index contributed by atoms with van der Waals surface area (Å²) in [6, 6.07) is 7.78. The Balaban J connectivity index is 1.97. The van der Waals surface area contributed by atoms with E-state index in [1.807, 2.05) is 30.6 Å². The van der Waals surface area contributed by atoms with E-state index in [-0.39, 0.29) is 5.56 Å². The number of aromatic amines is 2. The van der Waals surface area contributed by atoms with E-state index in [0.717, 1.165) is 34.1 Å². The minimum Gasteiger partial charge on any atom is -0.478 e. The average Bonchev–Trinajstić information content (AvgIpc) is 3.17. The number of pyridine rings is 1. The summed E-state index contributed by atoms with van der Waals surface area (Å²) in [5, 5.41) is 11.1. The maximum absolute atomic E-state index is 11.3.